The van der Waals surface area contributed by atoms with Crippen molar-refractivity contribution in [2.45, 2.75) is 45.1 Å². The normalized spacial score (nSPS) is 17.7. The van der Waals surface area contributed by atoms with Crippen LogP contribution in [-0.4, -0.2) is 24.0 Å². The van der Waals surface area contributed by atoms with Crippen LogP contribution in [0.5, 0.6) is 0 Å². The second-order valence-corrected chi connectivity index (χ2v) is 8.77. The van der Waals surface area contributed by atoms with Crippen molar-refractivity contribution in [1.82, 2.24) is 0 Å². The van der Waals surface area contributed by atoms with Gasteiger partial charge in [0.05, 0.1) is 5.56 Å². The molecular formula is C22H24BrNO3. The molecule has 1 amide bonds. The van der Waals surface area contributed by atoms with Crippen molar-refractivity contribution < 1.29 is 14.3 Å². The summed E-state index contributed by atoms with van der Waals surface area (Å²) in [6.07, 6.45) is 1.33. The SMILES string of the molecule is CC(C)(C)OC(=O)c1cc(Br)cc(N2CC(c3ccccc3)CCC2=O)c1. The highest BCUT2D eigenvalue weighted by Crippen LogP contribution is 2.32. The van der Waals surface area contributed by atoms with Crippen LogP contribution in [0.4, 0.5) is 5.69 Å². The van der Waals surface area contributed by atoms with Crippen LogP contribution in [0.2, 0.25) is 0 Å². The van der Waals surface area contributed by atoms with E-state index < -0.39 is 11.6 Å². The Balaban J connectivity index is 1.88. The van der Waals surface area contributed by atoms with Gasteiger partial charge in [-0.1, -0.05) is 46.3 Å². The molecule has 0 saturated carbocycles. The van der Waals surface area contributed by atoms with Gasteiger partial charge in [0.25, 0.3) is 0 Å². The third-order valence-electron chi connectivity index (χ3n) is 4.51. The van der Waals surface area contributed by atoms with Gasteiger partial charge in [0.2, 0.25) is 5.91 Å². The number of carbonyl (C=O) groups is 2. The van der Waals surface area contributed by atoms with Gasteiger partial charge in [-0.2, -0.15) is 0 Å². The fourth-order valence-electron chi connectivity index (χ4n) is 3.28. The van der Waals surface area contributed by atoms with Crippen LogP contribution in [-0.2, 0) is 9.53 Å². The van der Waals surface area contributed by atoms with E-state index in [1.54, 1.807) is 17.0 Å². The van der Waals surface area contributed by atoms with Crippen LogP contribution >= 0.6 is 15.9 Å². The Bertz CT molecular complexity index is 842. The number of benzene rings is 2. The minimum absolute atomic E-state index is 0.0791. The smallest absolute Gasteiger partial charge is 0.338 e. The van der Waals surface area contributed by atoms with Crippen LogP contribution in [0.25, 0.3) is 0 Å². The number of piperidine rings is 1. The van der Waals surface area contributed by atoms with Crippen LogP contribution < -0.4 is 4.90 Å². The van der Waals surface area contributed by atoms with E-state index in [1.807, 2.05) is 45.0 Å². The van der Waals surface area contributed by atoms with Gasteiger partial charge >= 0.3 is 5.97 Å². The monoisotopic (exact) mass is 429 g/mol. The zero-order valence-corrected chi connectivity index (χ0v) is 17.5. The van der Waals surface area contributed by atoms with E-state index in [0.29, 0.717) is 18.5 Å². The lowest BCUT2D eigenvalue weighted by atomic mass is 9.90. The molecule has 0 aliphatic carbocycles. The zero-order valence-electron chi connectivity index (χ0n) is 15.9. The highest BCUT2D eigenvalue weighted by Gasteiger charge is 2.29. The summed E-state index contributed by atoms with van der Waals surface area (Å²) in [6.45, 7) is 6.11. The van der Waals surface area contributed by atoms with Gasteiger partial charge in [0, 0.05) is 29.0 Å². The lowest BCUT2D eigenvalue weighted by Gasteiger charge is -2.33. The van der Waals surface area contributed by atoms with E-state index in [4.69, 9.17) is 4.74 Å². The molecule has 5 heteroatoms. The number of ether oxygens (including phenoxy) is 1. The molecule has 1 heterocycles. The molecule has 0 radical (unpaired) electrons. The van der Waals surface area contributed by atoms with Gasteiger partial charge in [-0.3, -0.25) is 4.79 Å². The van der Waals surface area contributed by atoms with E-state index in [-0.39, 0.29) is 11.8 Å². The molecule has 0 spiro atoms. The minimum atomic E-state index is -0.571. The fourth-order valence-corrected chi connectivity index (χ4v) is 3.76. The van der Waals surface area contributed by atoms with Crippen molar-refractivity contribution in [1.29, 1.82) is 0 Å². The molecule has 1 atom stereocenters. The molecule has 2 aromatic carbocycles. The Kier molecular flexibility index (Phi) is 5.70. The molecule has 2 aromatic rings. The third kappa shape index (κ3) is 4.98. The van der Waals surface area contributed by atoms with Crippen molar-refractivity contribution >= 4 is 33.5 Å². The average Bonchev–Trinajstić information content (AvgIpc) is 2.61. The number of hydrogen-bond acceptors (Lipinski definition) is 3. The van der Waals surface area contributed by atoms with E-state index in [1.165, 1.54) is 5.56 Å². The summed E-state index contributed by atoms with van der Waals surface area (Å²) in [6, 6.07) is 15.6. The molecule has 1 saturated heterocycles. The summed E-state index contributed by atoms with van der Waals surface area (Å²) in [7, 11) is 0. The molecule has 142 valence electrons. The van der Waals surface area contributed by atoms with Crippen molar-refractivity contribution in [2.24, 2.45) is 0 Å². The topological polar surface area (TPSA) is 46.6 Å². The summed E-state index contributed by atoms with van der Waals surface area (Å²) in [4.78, 5) is 26.8. The number of halogens is 1. The standard InChI is InChI=1S/C22H24BrNO3/c1-22(2,3)27-21(26)17-11-18(23)13-19(12-17)24-14-16(9-10-20(24)25)15-7-5-4-6-8-15/h4-8,11-13,16H,9-10,14H2,1-3H3. The Labute approximate surface area is 168 Å². The number of carbonyl (C=O) groups excluding carboxylic acids is 2. The van der Waals surface area contributed by atoms with Crippen molar-refractivity contribution in [3.05, 3.63) is 64.1 Å². The number of anilines is 1. The van der Waals surface area contributed by atoms with Crippen LogP contribution in [0.15, 0.2) is 53.0 Å². The molecule has 3 rings (SSSR count). The molecule has 4 nitrogen and oxygen atoms in total. The van der Waals surface area contributed by atoms with Crippen molar-refractivity contribution in [2.75, 3.05) is 11.4 Å². The summed E-state index contributed by atoms with van der Waals surface area (Å²) < 4.78 is 6.22. The number of hydrogen-bond donors (Lipinski definition) is 0. The Morgan fingerprint density at radius 3 is 2.52 bits per heavy atom. The molecule has 27 heavy (non-hydrogen) atoms. The number of amides is 1. The highest BCUT2D eigenvalue weighted by molar-refractivity contribution is 9.10. The zero-order chi connectivity index (χ0) is 19.6. The maximum Gasteiger partial charge on any atom is 0.338 e. The van der Waals surface area contributed by atoms with Crippen molar-refractivity contribution in [3.63, 3.8) is 0 Å². The quantitative estimate of drug-likeness (QED) is 0.620. The first-order chi connectivity index (χ1) is 12.7. The van der Waals surface area contributed by atoms with Crippen LogP contribution in [0.3, 0.4) is 0 Å². The van der Waals surface area contributed by atoms with Gasteiger partial charge in [0.15, 0.2) is 0 Å². The van der Waals surface area contributed by atoms with Crippen LogP contribution in [0, 0.1) is 0 Å². The predicted molar refractivity (Wildman–Crippen MR) is 110 cm³/mol. The van der Waals surface area contributed by atoms with Gasteiger partial charge in [-0.15, -0.1) is 0 Å². The first-order valence-electron chi connectivity index (χ1n) is 9.12. The maximum atomic E-state index is 12.6. The molecule has 1 unspecified atom stereocenters. The Morgan fingerprint density at radius 2 is 1.85 bits per heavy atom. The van der Waals surface area contributed by atoms with Gasteiger partial charge < -0.3 is 9.64 Å². The summed E-state index contributed by atoms with van der Waals surface area (Å²) in [5, 5.41) is 0. The first kappa shape index (κ1) is 19.6. The Morgan fingerprint density at radius 1 is 1.15 bits per heavy atom. The molecular weight excluding hydrogens is 406 g/mol. The van der Waals surface area contributed by atoms with E-state index in [2.05, 4.69) is 28.1 Å². The van der Waals surface area contributed by atoms with E-state index in [0.717, 1.165) is 16.6 Å². The lowest BCUT2D eigenvalue weighted by Crippen LogP contribution is -2.39. The number of rotatable bonds is 3. The highest BCUT2D eigenvalue weighted by atomic mass is 79.9. The van der Waals surface area contributed by atoms with Crippen LogP contribution in [0.1, 0.15) is 55.5 Å². The largest absolute Gasteiger partial charge is 0.456 e. The second-order valence-electron chi connectivity index (χ2n) is 7.85. The molecule has 1 fully saturated rings. The van der Waals surface area contributed by atoms with Gasteiger partial charge in [0.1, 0.15) is 5.60 Å². The molecule has 0 aromatic heterocycles. The van der Waals surface area contributed by atoms with Crippen molar-refractivity contribution in [3.8, 4) is 0 Å². The van der Waals surface area contributed by atoms with Gasteiger partial charge in [-0.25, -0.2) is 4.79 Å². The summed E-state index contributed by atoms with van der Waals surface area (Å²) >= 11 is 3.46. The first-order valence-corrected chi connectivity index (χ1v) is 9.91. The molecule has 0 bridgehead atoms. The van der Waals surface area contributed by atoms with E-state index >= 15 is 0 Å². The third-order valence-corrected chi connectivity index (χ3v) is 4.97. The van der Waals surface area contributed by atoms with Gasteiger partial charge in [-0.05, 0) is 51.0 Å². The molecule has 0 N–H and O–H groups in total. The Hall–Kier alpha value is -2.14. The molecule has 1 aliphatic heterocycles. The lowest BCUT2D eigenvalue weighted by molar-refractivity contribution is -0.119. The summed E-state index contributed by atoms with van der Waals surface area (Å²) in [5.74, 6) is -0.0302. The predicted octanol–water partition coefficient (Wildman–Crippen LogP) is 5.32. The number of esters is 1. The summed E-state index contributed by atoms with van der Waals surface area (Å²) in [5.41, 5.74) is 1.82. The van der Waals surface area contributed by atoms with E-state index in [9.17, 15) is 9.59 Å². The molecule has 1 aliphatic rings. The average molecular weight is 430 g/mol. The minimum Gasteiger partial charge on any atom is -0.456 e. The fraction of sp³-hybridized carbons (Fsp3) is 0.364. The number of nitrogens with zero attached hydrogens (tertiary/aromatic N) is 1. The maximum absolute atomic E-state index is 12.6. The second kappa shape index (κ2) is 7.85.